The van der Waals surface area contributed by atoms with E-state index < -0.39 is 5.91 Å². The summed E-state index contributed by atoms with van der Waals surface area (Å²) >= 11 is 12.2. The Labute approximate surface area is 166 Å². The second-order valence-corrected chi connectivity index (χ2v) is 7.98. The largest absolute Gasteiger partial charge is 0.340 e. The van der Waals surface area contributed by atoms with E-state index in [0.717, 1.165) is 38.3 Å². The van der Waals surface area contributed by atoms with Crippen molar-refractivity contribution in [2.24, 2.45) is 11.8 Å². The van der Waals surface area contributed by atoms with Crippen LogP contribution in [0.25, 0.3) is 0 Å². The number of halogens is 2. The van der Waals surface area contributed by atoms with Crippen LogP contribution in [0, 0.1) is 11.8 Å². The lowest BCUT2D eigenvalue weighted by Gasteiger charge is -2.21. The number of amides is 1. The number of benzene rings is 1. The summed E-state index contributed by atoms with van der Waals surface area (Å²) in [4.78, 5) is 24.5. The summed E-state index contributed by atoms with van der Waals surface area (Å²) in [5.74, 6) is 1.12. The summed E-state index contributed by atoms with van der Waals surface area (Å²) in [7, 11) is 0. The maximum absolute atomic E-state index is 11.4. The van der Waals surface area contributed by atoms with Crippen molar-refractivity contribution in [2.75, 3.05) is 31.1 Å². The van der Waals surface area contributed by atoms with Gasteiger partial charge in [0.25, 0.3) is 5.91 Å². The molecular formula is C18H19Cl2N5O2. The minimum absolute atomic E-state index is 0.229. The zero-order valence-electron chi connectivity index (χ0n) is 14.5. The number of anilines is 1. The first-order valence-corrected chi connectivity index (χ1v) is 9.46. The van der Waals surface area contributed by atoms with Gasteiger partial charge in [-0.15, -0.1) is 0 Å². The quantitative estimate of drug-likeness (QED) is 0.598. The Hall–Kier alpha value is -1.93. The van der Waals surface area contributed by atoms with Gasteiger partial charge in [-0.2, -0.15) is 0 Å². The molecule has 2 fully saturated rings. The van der Waals surface area contributed by atoms with Gasteiger partial charge in [0.15, 0.2) is 0 Å². The summed E-state index contributed by atoms with van der Waals surface area (Å²) < 4.78 is 0. The first kappa shape index (κ1) is 18.4. The highest BCUT2D eigenvalue weighted by molar-refractivity contribution is 6.34. The number of rotatable bonds is 4. The van der Waals surface area contributed by atoms with Crippen molar-refractivity contribution < 1.29 is 10.0 Å². The fourth-order valence-corrected chi connectivity index (χ4v) is 4.58. The lowest BCUT2D eigenvalue weighted by atomic mass is 10.0. The monoisotopic (exact) mass is 407 g/mol. The van der Waals surface area contributed by atoms with E-state index in [4.69, 9.17) is 28.4 Å². The highest BCUT2D eigenvalue weighted by atomic mass is 35.5. The fourth-order valence-electron chi connectivity index (χ4n) is 4.01. The van der Waals surface area contributed by atoms with Crippen LogP contribution in [0.3, 0.4) is 0 Å². The zero-order chi connectivity index (χ0) is 19.0. The van der Waals surface area contributed by atoms with Crippen LogP contribution in [0.15, 0.2) is 30.6 Å². The van der Waals surface area contributed by atoms with Crippen LogP contribution < -0.4 is 10.4 Å². The maximum atomic E-state index is 11.4. The van der Waals surface area contributed by atoms with Crippen molar-refractivity contribution in [3.63, 3.8) is 0 Å². The van der Waals surface area contributed by atoms with Gasteiger partial charge >= 0.3 is 0 Å². The SMILES string of the molecule is O=C(NO)c1cnc(N2C[C@H]3CN(Cc4cc(Cl)cc(Cl)c4)C[C@H]3C2)nc1. The normalized spacial score (nSPS) is 22.1. The Balaban J connectivity index is 1.36. The third-order valence-corrected chi connectivity index (χ3v) is 5.61. The summed E-state index contributed by atoms with van der Waals surface area (Å²) in [5, 5.41) is 9.98. The van der Waals surface area contributed by atoms with Crippen molar-refractivity contribution in [3.05, 3.63) is 51.8 Å². The summed E-state index contributed by atoms with van der Waals surface area (Å²) in [6.07, 6.45) is 2.86. The highest BCUT2D eigenvalue weighted by Crippen LogP contribution is 2.33. The number of nitrogens with one attached hydrogen (secondary N) is 1. The topological polar surface area (TPSA) is 81.6 Å². The van der Waals surface area contributed by atoms with Crippen LogP contribution in [0.1, 0.15) is 15.9 Å². The Morgan fingerprint density at radius 3 is 2.22 bits per heavy atom. The number of nitrogens with zero attached hydrogens (tertiary/aromatic N) is 4. The molecule has 0 bridgehead atoms. The molecule has 2 aliphatic rings. The molecule has 1 amide bonds. The van der Waals surface area contributed by atoms with Gasteiger partial charge in [-0.25, -0.2) is 15.4 Å². The third kappa shape index (κ3) is 4.01. The van der Waals surface area contributed by atoms with E-state index >= 15 is 0 Å². The van der Waals surface area contributed by atoms with E-state index in [1.807, 2.05) is 12.1 Å². The predicted molar refractivity (Wildman–Crippen MR) is 102 cm³/mol. The molecule has 2 aliphatic heterocycles. The molecule has 2 N–H and O–H groups in total. The molecular weight excluding hydrogens is 389 g/mol. The van der Waals surface area contributed by atoms with E-state index in [0.29, 0.717) is 27.8 Å². The molecule has 0 saturated carbocycles. The molecule has 1 aromatic carbocycles. The molecule has 2 aromatic rings. The van der Waals surface area contributed by atoms with Crippen molar-refractivity contribution >= 4 is 35.1 Å². The highest BCUT2D eigenvalue weighted by Gasteiger charge is 2.40. The Morgan fingerprint density at radius 2 is 1.67 bits per heavy atom. The molecule has 2 atom stereocenters. The molecule has 27 heavy (non-hydrogen) atoms. The summed E-state index contributed by atoms with van der Waals surface area (Å²) in [6.45, 7) is 4.65. The average Bonchev–Trinajstić information content (AvgIpc) is 3.18. The van der Waals surface area contributed by atoms with Crippen LogP contribution >= 0.6 is 23.2 Å². The predicted octanol–water partition coefficient (Wildman–Crippen LogP) is 2.47. The molecule has 0 radical (unpaired) electrons. The average molecular weight is 408 g/mol. The number of likely N-dealkylation sites (tertiary alicyclic amines) is 1. The fraction of sp³-hybridized carbons (Fsp3) is 0.389. The van der Waals surface area contributed by atoms with Gasteiger partial charge in [-0.1, -0.05) is 23.2 Å². The van der Waals surface area contributed by atoms with Crippen LogP contribution in [0.4, 0.5) is 5.95 Å². The first-order chi connectivity index (χ1) is 13.0. The van der Waals surface area contributed by atoms with E-state index in [9.17, 15) is 4.79 Å². The van der Waals surface area contributed by atoms with Gasteiger partial charge in [-0.3, -0.25) is 14.9 Å². The molecule has 3 heterocycles. The van der Waals surface area contributed by atoms with Crippen molar-refractivity contribution in [2.45, 2.75) is 6.54 Å². The van der Waals surface area contributed by atoms with Crippen LogP contribution in [-0.2, 0) is 6.54 Å². The van der Waals surface area contributed by atoms with Gasteiger partial charge in [0.1, 0.15) is 0 Å². The number of aromatic nitrogens is 2. The van der Waals surface area contributed by atoms with Gasteiger partial charge in [0, 0.05) is 55.2 Å². The van der Waals surface area contributed by atoms with Gasteiger partial charge < -0.3 is 4.90 Å². The molecule has 7 nitrogen and oxygen atoms in total. The molecule has 2 saturated heterocycles. The first-order valence-electron chi connectivity index (χ1n) is 8.70. The zero-order valence-corrected chi connectivity index (χ0v) is 16.0. The minimum Gasteiger partial charge on any atom is -0.340 e. The molecule has 0 unspecified atom stereocenters. The van der Waals surface area contributed by atoms with E-state index in [2.05, 4.69) is 19.8 Å². The smallest absolute Gasteiger partial charge is 0.277 e. The molecule has 0 aliphatic carbocycles. The van der Waals surface area contributed by atoms with Crippen molar-refractivity contribution in [3.8, 4) is 0 Å². The Morgan fingerprint density at radius 1 is 1.07 bits per heavy atom. The van der Waals surface area contributed by atoms with E-state index in [1.54, 1.807) is 11.5 Å². The summed E-state index contributed by atoms with van der Waals surface area (Å²) in [6, 6.07) is 5.68. The number of carbonyl (C=O) groups excluding carboxylic acids is 1. The minimum atomic E-state index is -0.614. The number of hydroxylamine groups is 1. The number of fused-ring (bicyclic) bond motifs is 1. The number of hydrogen-bond donors (Lipinski definition) is 2. The number of carbonyl (C=O) groups is 1. The standard InChI is InChI=1S/C18H19Cl2N5O2/c19-15-1-11(2-16(20)3-15)6-24-7-13-9-25(10-14(13)8-24)18-21-4-12(5-22-18)17(26)23-27/h1-5,13-14,27H,6-10H2,(H,23,26)/t13-,14+. The molecule has 9 heteroatoms. The van der Waals surface area contributed by atoms with Crippen molar-refractivity contribution in [1.29, 1.82) is 0 Å². The maximum Gasteiger partial charge on any atom is 0.277 e. The molecule has 1 aromatic heterocycles. The second kappa shape index (κ2) is 7.59. The van der Waals surface area contributed by atoms with Crippen LogP contribution in [-0.4, -0.2) is 52.2 Å². The third-order valence-electron chi connectivity index (χ3n) is 5.18. The van der Waals surface area contributed by atoms with Gasteiger partial charge in [0.2, 0.25) is 5.95 Å². The Kier molecular flexibility index (Phi) is 5.19. The lowest BCUT2D eigenvalue weighted by molar-refractivity contribution is 0.0705. The molecule has 4 rings (SSSR count). The van der Waals surface area contributed by atoms with E-state index in [1.165, 1.54) is 12.4 Å². The van der Waals surface area contributed by atoms with Gasteiger partial charge in [0.05, 0.1) is 5.56 Å². The van der Waals surface area contributed by atoms with Crippen LogP contribution in [0.5, 0.6) is 0 Å². The number of hydrogen-bond acceptors (Lipinski definition) is 6. The van der Waals surface area contributed by atoms with Crippen LogP contribution in [0.2, 0.25) is 10.0 Å². The van der Waals surface area contributed by atoms with Crippen molar-refractivity contribution in [1.82, 2.24) is 20.3 Å². The Bertz CT molecular complexity index is 814. The molecule has 0 spiro atoms. The van der Waals surface area contributed by atoms with E-state index in [-0.39, 0.29) is 5.56 Å². The molecule has 142 valence electrons. The second-order valence-electron chi connectivity index (χ2n) is 7.11. The lowest BCUT2D eigenvalue weighted by Crippen LogP contribution is -2.29. The summed E-state index contributed by atoms with van der Waals surface area (Å²) in [5.41, 5.74) is 2.94. The van der Waals surface area contributed by atoms with Gasteiger partial charge in [-0.05, 0) is 35.6 Å².